The molecule has 5 heteroatoms. The van der Waals surface area contributed by atoms with Crippen molar-refractivity contribution >= 4 is 35.0 Å². The molecule has 1 aromatic rings. The zero-order valence-electron chi connectivity index (χ0n) is 7.54. The number of nitrogens with zero attached hydrogens (tertiary/aromatic N) is 2. The van der Waals surface area contributed by atoms with Gasteiger partial charge in [-0.05, 0) is 24.7 Å². The summed E-state index contributed by atoms with van der Waals surface area (Å²) in [5.74, 6) is 1.26. The van der Waals surface area contributed by atoms with Crippen LogP contribution in [0.1, 0.15) is 18.5 Å². The van der Waals surface area contributed by atoms with E-state index < -0.39 is 0 Å². The lowest BCUT2D eigenvalue weighted by molar-refractivity contribution is 0.751. The highest BCUT2D eigenvalue weighted by molar-refractivity contribution is 8.00. The Balaban J connectivity index is 2.05. The molecule has 2 nitrogen and oxygen atoms in total. The normalized spacial score (nSPS) is 21.4. The molecule has 0 saturated carbocycles. The largest absolute Gasteiger partial charge is 0.170 e. The molecule has 2 heterocycles. The van der Waals surface area contributed by atoms with Crippen molar-refractivity contribution < 1.29 is 0 Å². The second kappa shape index (κ2) is 4.69. The van der Waals surface area contributed by atoms with Gasteiger partial charge in [-0.3, -0.25) is 0 Å². The van der Waals surface area contributed by atoms with E-state index in [9.17, 15) is 0 Å². The van der Waals surface area contributed by atoms with Crippen molar-refractivity contribution in [3.05, 3.63) is 21.9 Å². The van der Waals surface area contributed by atoms with Crippen LogP contribution in [0.25, 0.3) is 0 Å². The molecule has 1 aliphatic rings. The molecule has 0 radical (unpaired) electrons. The van der Waals surface area contributed by atoms with E-state index in [2.05, 4.69) is 10.2 Å². The van der Waals surface area contributed by atoms with E-state index in [4.69, 9.17) is 23.2 Å². The van der Waals surface area contributed by atoms with E-state index in [1.54, 1.807) is 0 Å². The topological polar surface area (TPSA) is 25.8 Å². The van der Waals surface area contributed by atoms with Crippen LogP contribution >= 0.6 is 35.0 Å². The third-order valence-electron chi connectivity index (χ3n) is 2.22. The standard InChI is InChI=1S/C9H10Cl2N2S/c10-8-5-6(12-13-9(8)11)4-7-2-1-3-14-7/h5,7H,1-4H2. The van der Waals surface area contributed by atoms with E-state index in [0.717, 1.165) is 12.1 Å². The van der Waals surface area contributed by atoms with Gasteiger partial charge >= 0.3 is 0 Å². The Morgan fingerprint density at radius 1 is 1.43 bits per heavy atom. The van der Waals surface area contributed by atoms with Gasteiger partial charge in [-0.1, -0.05) is 23.2 Å². The number of hydrogen-bond donors (Lipinski definition) is 0. The zero-order chi connectivity index (χ0) is 9.97. The molecule has 1 aliphatic heterocycles. The molecule has 0 aromatic carbocycles. The van der Waals surface area contributed by atoms with Crippen LogP contribution in [0, 0.1) is 0 Å². The minimum atomic E-state index is 0.287. The van der Waals surface area contributed by atoms with Gasteiger partial charge in [0.05, 0.1) is 10.7 Å². The molecule has 1 unspecified atom stereocenters. The summed E-state index contributed by atoms with van der Waals surface area (Å²) in [5, 5.41) is 9.29. The minimum Gasteiger partial charge on any atom is -0.158 e. The SMILES string of the molecule is Clc1cc(CC2CCCS2)nnc1Cl. The third-order valence-corrected chi connectivity index (χ3v) is 4.28. The van der Waals surface area contributed by atoms with Gasteiger partial charge < -0.3 is 0 Å². The van der Waals surface area contributed by atoms with Crippen molar-refractivity contribution in [1.82, 2.24) is 10.2 Å². The summed E-state index contributed by atoms with van der Waals surface area (Å²) in [5.41, 5.74) is 0.943. The van der Waals surface area contributed by atoms with E-state index in [0.29, 0.717) is 10.3 Å². The summed E-state index contributed by atoms with van der Waals surface area (Å²) < 4.78 is 0. The first-order valence-electron chi connectivity index (χ1n) is 4.55. The molecule has 76 valence electrons. The van der Waals surface area contributed by atoms with Crippen molar-refractivity contribution in [3.8, 4) is 0 Å². The Labute approximate surface area is 97.4 Å². The first-order chi connectivity index (χ1) is 6.75. The van der Waals surface area contributed by atoms with Crippen LogP contribution in [-0.2, 0) is 6.42 Å². The number of thioether (sulfide) groups is 1. The Morgan fingerprint density at radius 2 is 2.29 bits per heavy atom. The summed E-state index contributed by atoms with van der Waals surface area (Å²) >= 11 is 13.5. The first-order valence-corrected chi connectivity index (χ1v) is 6.35. The Bertz CT molecular complexity index is 327. The fourth-order valence-corrected chi connectivity index (χ4v) is 3.07. The fourth-order valence-electron chi connectivity index (χ4n) is 1.53. The Kier molecular flexibility index (Phi) is 3.52. The van der Waals surface area contributed by atoms with Crippen molar-refractivity contribution in [2.45, 2.75) is 24.5 Å². The summed E-state index contributed by atoms with van der Waals surface area (Å²) in [4.78, 5) is 0. The minimum absolute atomic E-state index is 0.287. The number of hydrogen-bond acceptors (Lipinski definition) is 3. The fraction of sp³-hybridized carbons (Fsp3) is 0.556. The van der Waals surface area contributed by atoms with Crippen LogP contribution in [0.2, 0.25) is 10.2 Å². The highest BCUT2D eigenvalue weighted by Gasteiger charge is 2.17. The second-order valence-corrected chi connectivity index (χ2v) is 5.49. The molecule has 1 aromatic heterocycles. The summed E-state index contributed by atoms with van der Waals surface area (Å²) in [6.07, 6.45) is 3.53. The van der Waals surface area contributed by atoms with Crippen molar-refractivity contribution in [2.24, 2.45) is 0 Å². The van der Waals surface area contributed by atoms with E-state index in [-0.39, 0.29) is 5.15 Å². The van der Waals surface area contributed by atoms with Gasteiger partial charge in [0.2, 0.25) is 0 Å². The molecule has 1 fully saturated rings. The molecular formula is C9H10Cl2N2S. The number of aromatic nitrogens is 2. The molecule has 1 atom stereocenters. The molecule has 0 N–H and O–H groups in total. The van der Waals surface area contributed by atoms with Crippen LogP contribution in [0.5, 0.6) is 0 Å². The van der Waals surface area contributed by atoms with E-state index in [1.165, 1.54) is 18.6 Å². The highest BCUT2D eigenvalue weighted by Crippen LogP contribution is 2.29. The van der Waals surface area contributed by atoms with Crippen LogP contribution < -0.4 is 0 Å². The smallest absolute Gasteiger partial charge is 0.158 e. The Morgan fingerprint density at radius 3 is 2.93 bits per heavy atom. The van der Waals surface area contributed by atoms with Crippen molar-refractivity contribution in [1.29, 1.82) is 0 Å². The van der Waals surface area contributed by atoms with Gasteiger partial charge in [-0.2, -0.15) is 16.9 Å². The lowest BCUT2D eigenvalue weighted by Crippen LogP contribution is -2.04. The lowest BCUT2D eigenvalue weighted by Gasteiger charge is -2.06. The van der Waals surface area contributed by atoms with Crippen molar-refractivity contribution in [3.63, 3.8) is 0 Å². The lowest BCUT2D eigenvalue weighted by atomic mass is 10.1. The predicted molar refractivity (Wildman–Crippen MR) is 61.2 cm³/mol. The summed E-state index contributed by atoms with van der Waals surface area (Å²) in [6.45, 7) is 0. The van der Waals surface area contributed by atoms with Gasteiger partial charge in [0.1, 0.15) is 0 Å². The molecule has 0 amide bonds. The van der Waals surface area contributed by atoms with Gasteiger partial charge in [0.25, 0.3) is 0 Å². The van der Waals surface area contributed by atoms with Crippen LogP contribution in [0.3, 0.4) is 0 Å². The van der Waals surface area contributed by atoms with E-state index >= 15 is 0 Å². The van der Waals surface area contributed by atoms with Crippen LogP contribution in [-0.4, -0.2) is 21.2 Å². The average molecular weight is 249 g/mol. The maximum Gasteiger partial charge on any atom is 0.170 e. The molecule has 0 spiro atoms. The molecule has 2 rings (SSSR count). The monoisotopic (exact) mass is 248 g/mol. The molecule has 0 aliphatic carbocycles. The van der Waals surface area contributed by atoms with Gasteiger partial charge in [-0.15, -0.1) is 5.10 Å². The Hall–Kier alpha value is 0.01000. The number of halogens is 2. The van der Waals surface area contributed by atoms with Gasteiger partial charge in [-0.25, -0.2) is 0 Å². The van der Waals surface area contributed by atoms with Crippen LogP contribution in [0.4, 0.5) is 0 Å². The van der Waals surface area contributed by atoms with Crippen LogP contribution in [0.15, 0.2) is 6.07 Å². The van der Waals surface area contributed by atoms with E-state index in [1.807, 2.05) is 17.8 Å². The zero-order valence-corrected chi connectivity index (χ0v) is 9.87. The van der Waals surface area contributed by atoms with Crippen molar-refractivity contribution in [2.75, 3.05) is 5.75 Å². The quantitative estimate of drug-likeness (QED) is 0.804. The summed E-state index contributed by atoms with van der Waals surface area (Å²) in [6, 6.07) is 1.82. The first kappa shape index (κ1) is 10.5. The predicted octanol–water partition coefficient (Wildman–Crippen LogP) is 3.22. The average Bonchev–Trinajstić information content (AvgIpc) is 2.64. The summed E-state index contributed by atoms with van der Waals surface area (Å²) in [7, 11) is 0. The molecule has 14 heavy (non-hydrogen) atoms. The molecular weight excluding hydrogens is 239 g/mol. The second-order valence-electron chi connectivity index (χ2n) is 3.31. The van der Waals surface area contributed by atoms with Gasteiger partial charge in [0, 0.05) is 11.7 Å². The molecule has 0 bridgehead atoms. The maximum atomic E-state index is 5.86. The number of rotatable bonds is 2. The molecule has 1 saturated heterocycles. The van der Waals surface area contributed by atoms with Gasteiger partial charge in [0.15, 0.2) is 5.15 Å². The highest BCUT2D eigenvalue weighted by atomic mass is 35.5. The maximum absolute atomic E-state index is 5.86. The third kappa shape index (κ3) is 2.53.